The van der Waals surface area contributed by atoms with Gasteiger partial charge in [0.1, 0.15) is 0 Å². The van der Waals surface area contributed by atoms with Gasteiger partial charge in [-0.3, -0.25) is 0 Å². The molecule has 0 spiro atoms. The van der Waals surface area contributed by atoms with Gasteiger partial charge in [0, 0.05) is 0 Å². The fraction of sp³-hybridized carbons (Fsp3) is 0.486. The maximum atomic E-state index is 10.9. The molecule has 39 heavy (non-hydrogen) atoms. The second kappa shape index (κ2) is 8.76. The Bertz CT molecular complexity index is 1610. The Labute approximate surface area is 237 Å². The third-order valence-corrected chi connectivity index (χ3v) is 14.1. The van der Waals surface area contributed by atoms with Crippen molar-refractivity contribution in [3.63, 3.8) is 0 Å². The van der Waals surface area contributed by atoms with Crippen molar-refractivity contribution in [3.8, 4) is 22.6 Å². The van der Waals surface area contributed by atoms with Crippen molar-refractivity contribution in [2.24, 2.45) is 11.8 Å². The van der Waals surface area contributed by atoms with Crippen molar-refractivity contribution < 1.29 is 13.9 Å². The van der Waals surface area contributed by atoms with Gasteiger partial charge in [0.25, 0.3) is 0 Å². The predicted molar refractivity (Wildman–Crippen MR) is 165 cm³/mol. The molecule has 206 valence electrons. The second-order valence-electron chi connectivity index (χ2n) is 14.7. The Morgan fingerprint density at radius 1 is 0.795 bits per heavy atom. The van der Waals surface area contributed by atoms with Crippen molar-refractivity contribution in [2.45, 2.75) is 93.6 Å². The van der Waals surface area contributed by atoms with E-state index in [0.717, 1.165) is 46.6 Å². The van der Waals surface area contributed by atoms with Crippen LogP contribution in [-0.4, -0.2) is 23.5 Å². The van der Waals surface area contributed by atoms with E-state index in [-0.39, 0.29) is 17.4 Å². The zero-order chi connectivity index (χ0) is 28.2. The normalized spacial score (nSPS) is 16.7. The first-order valence-corrected chi connectivity index (χ1v) is 24.7. The second-order valence-corrected chi connectivity index (χ2v) is 28.9. The molecule has 4 aromatic rings. The topological polar surface area (TPSA) is 46.5 Å². The quantitative estimate of drug-likeness (QED) is 0.216. The number of fused-ring (bicyclic) bond motifs is 7. The van der Waals surface area contributed by atoms with Gasteiger partial charge in [-0.05, 0) is 6.92 Å². The average molecular weight is 631 g/mol. The molecule has 0 aliphatic heterocycles. The van der Waals surface area contributed by atoms with Crippen molar-refractivity contribution in [1.29, 1.82) is 0 Å². The number of aliphatic hydroxyl groups excluding tert-OH is 1. The molecule has 6 rings (SSSR count). The molecule has 0 saturated heterocycles. The number of aliphatic hydroxyl groups is 1. The fourth-order valence-corrected chi connectivity index (χ4v) is 10.7. The molecule has 2 heterocycles. The molecular formula is C35H44O3Sn. The van der Waals surface area contributed by atoms with Gasteiger partial charge in [0.2, 0.25) is 0 Å². The van der Waals surface area contributed by atoms with E-state index in [1.807, 2.05) is 0 Å². The van der Waals surface area contributed by atoms with Crippen LogP contribution in [0.2, 0.25) is 14.8 Å². The van der Waals surface area contributed by atoms with Crippen LogP contribution in [0.3, 0.4) is 0 Å². The average Bonchev–Trinajstić information content (AvgIpc) is 3.53. The minimum atomic E-state index is -2.40. The SMILES string of the molecule is Cc1cc2c(o1)-c1cc3c(CO)c4c(cc3cc1C2(CC(C)C)CC(C)C)-c1o[c]([Sn]([CH3])([CH3])[CH3])cc1C4(C)C. The summed E-state index contributed by atoms with van der Waals surface area (Å²) in [5, 5.41) is 13.2. The Morgan fingerprint density at radius 2 is 1.44 bits per heavy atom. The number of aryl methyl sites for hydroxylation is 1. The summed E-state index contributed by atoms with van der Waals surface area (Å²) in [5.41, 5.74) is 8.33. The van der Waals surface area contributed by atoms with Crippen LogP contribution >= 0.6 is 0 Å². The van der Waals surface area contributed by atoms with E-state index >= 15 is 0 Å². The van der Waals surface area contributed by atoms with Crippen LogP contribution in [0.15, 0.2) is 39.2 Å². The Kier molecular flexibility index (Phi) is 6.11. The zero-order valence-corrected chi connectivity index (χ0v) is 28.3. The molecule has 0 saturated carbocycles. The van der Waals surface area contributed by atoms with Gasteiger partial charge in [-0.25, -0.2) is 0 Å². The minimum absolute atomic E-state index is 0.00466. The van der Waals surface area contributed by atoms with E-state index < -0.39 is 18.4 Å². The fourth-order valence-electron chi connectivity index (χ4n) is 7.85. The van der Waals surface area contributed by atoms with Crippen LogP contribution in [0.1, 0.15) is 88.0 Å². The molecule has 2 aliphatic rings. The molecule has 2 aromatic heterocycles. The molecule has 0 fully saturated rings. The molecule has 4 heteroatoms. The van der Waals surface area contributed by atoms with E-state index in [1.165, 1.54) is 37.0 Å². The number of hydrogen-bond donors (Lipinski definition) is 1. The van der Waals surface area contributed by atoms with Crippen molar-refractivity contribution in [3.05, 3.63) is 63.9 Å². The van der Waals surface area contributed by atoms with Gasteiger partial charge < -0.3 is 0 Å². The van der Waals surface area contributed by atoms with E-state index in [2.05, 4.69) is 93.6 Å². The molecule has 3 nitrogen and oxygen atoms in total. The summed E-state index contributed by atoms with van der Waals surface area (Å²) < 4.78 is 14.3. The monoisotopic (exact) mass is 632 g/mol. The summed E-state index contributed by atoms with van der Waals surface area (Å²) in [6.07, 6.45) is 2.18. The Morgan fingerprint density at radius 3 is 2.03 bits per heavy atom. The van der Waals surface area contributed by atoms with Gasteiger partial charge in [0.15, 0.2) is 0 Å². The van der Waals surface area contributed by atoms with E-state index in [4.69, 9.17) is 8.83 Å². The van der Waals surface area contributed by atoms with Gasteiger partial charge in [-0.2, -0.15) is 0 Å². The first-order chi connectivity index (χ1) is 18.2. The van der Waals surface area contributed by atoms with Gasteiger partial charge in [0.05, 0.1) is 0 Å². The number of hydrogen-bond acceptors (Lipinski definition) is 3. The molecule has 2 aromatic carbocycles. The molecular weight excluding hydrogens is 587 g/mol. The van der Waals surface area contributed by atoms with Crippen LogP contribution in [0.25, 0.3) is 33.4 Å². The maximum absolute atomic E-state index is 10.9. The van der Waals surface area contributed by atoms with Crippen molar-refractivity contribution in [2.75, 3.05) is 0 Å². The van der Waals surface area contributed by atoms with E-state index in [9.17, 15) is 5.11 Å². The summed E-state index contributed by atoms with van der Waals surface area (Å²) in [4.78, 5) is 7.23. The molecule has 0 amide bonds. The molecule has 0 radical (unpaired) electrons. The van der Waals surface area contributed by atoms with Crippen LogP contribution in [0, 0.1) is 18.8 Å². The zero-order valence-electron chi connectivity index (χ0n) is 25.4. The standard InChI is InChI=1S/C32H35O3.3CH3.Sn/c1-17(2)14-32(15-18(3)4)26-12-20-11-23-28(31(6,7)25-8-9-34-29(23)25)24(16-33)21(20)13-22(26)30-27(32)10-19(5)35-30;;;;/h8,10-13,17-18,33H,14-16H2,1-7H3;3*1H3;. The summed E-state index contributed by atoms with van der Waals surface area (Å²) >= 11 is -2.40. The molecule has 0 atom stereocenters. The van der Waals surface area contributed by atoms with Crippen LogP contribution in [0.4, 0.5) is 0 Å². The number of rotatable bonds is 6. The third kappa shape index (κ3) is 3.85. The first kappa shape index (κ1) is 27.2. The molecule has 0 unspecified atom stereocenters. The van der Waals surface area contributed by atoms with Gasteiger partial charge in [-0.15, -0.1) is 0 Å². The third-order valence-electron chi connectivity index (χ3n) is 9.20. The van der Waals surface area contributed by atoms with E-state index in [1.54, 1.807) is 0 Å². The molecule has 0 bridgehead atoms. The van der Waals surface area contributed by atoms with Crippen molar-refractivity contribution >= 4 is 32.9 Å². The van der Waals surface area contributed by atoms with Gasteiger partial charge in [-0.1, -0.05) is 0 Å². The number of furan rings is 2. The summed E-state index contributed by atoms with van der Waals surface area (Å²) in [5.74, 6) is 4.13. The van der Waals surface area contributed by atoms with Crippen molar-refractivity contribution in [1.82, 2.24) is 0 Å². The van der Waals surface area contributed by atoms with Crippen LogP contribution in [0.5, 0.6) is 0 Å². The molecule has 2 aliphatic carbocycles. The van der Waals surface area contributed by atoms with E-state index in [0.29, 0.717) is 11.8 Å². The Hall–Kier alpha value is -1.98. The summed E-state index contributed by atoms with van der Waals surface area (Å²) in [7, 11) is 0. The summed E-state index contributed by atoms with van der Waals surface area (Å²) in [6, 6.07) is 11.7. The molecule has 1 N–H and O–H groups in total. The van der Waals surface area contributed by atoms with Crippen LogP contribution in [-0.2, 0) is 17.4 Å². The Balaban J connectivity index is 1.68. The first-order valence-electron chi connectivity index (χ1n) is 14.7. The predicted octanol–water partition coefficient (Wildman–Crippen LogP) is 9.04. The van der Waals surface area contributed by atoms with Gasteiger partial charge >= 0.3 is 232 Å². The van der Waals surface area contributed by atoms with Crippen LogP contribution < -0.4 is 3.78 Å². The number of benzene rings is 2. The summed E-state index contributed by atoms with van der Waals surface area (Å²) in [6.45, 7) is 16.0.